The van der Waals surface area contributed by atoms with Gasteiger partial charge in [-0.2, -0.15) is 0 Å². The Balaban J connectivity index is 2.38. The maximum atomic E-state index is 11.9. The quantitative estimate of drug-likeness (QED) is 0.741. The van der Waals surface area contributed by atoms with Crippen molar-refractivity contribution >= 4 is 38.9 Å². The molecule has 21 heavy (non-hydrogen) atoms. The van der Waals surface area contributed by atoms with Gasteiger partial charge >= 0.3 is 0 Å². The van der Waals surface area contributed by atoms with E-state index >= 15 is 0 Å². The van der Waals surface area contributed by atoms with Gasteiger partial charge in [0, 0.05) is 24.5 Å². The predicted octanol–water partition coefficient (Wildman–Crippen LogP) is 3.14. The number of methoxy groups -OCH3 is 1. The highest BCUT2D eigenvalue weighted by Crippen LogP contribution is 2.30. The van der Waals surface area contributed by atoms with Crippen LogP contribution in [0.3, 0.4) is 0 Å². The summed E-state index contributed by atoms with van der Waals surface area (Å²) in [5.74, 6) is 0.520. The molecule has 4 N–H and O–H groups in total. The number of halogens is 1. The number of carbonyl (C=O) groups is 1. The van der Waals surface area contributed by atoms with Gasteiger partial charge in [0.25, 0.3) is 5.91 Å². The Morgan fingerprint density at radius 3 is 2.67 bits per heavy atom. The molecule has 0 aliphatic rings. The minimum Gasteiger partial charge on any atom is -0.495 e. The van der Waals surface area contributed by atoms with Crippen molar-refractivity contribution in [1.82, 2.24) is 5.32 Å². The van der Waals surface area contributed by atoms with E-state index in [2.05, 4.69) is 26.6 Å². The second kappa shape index (κ2) is 6.49. The van der Waals surface area contributed by atoms with Gasteiger partial charge in [0.15, 0.2) is 0 Å². The molecule has 110 valence electrons. The monoisotopic (exact) mass is 349 g/mol. The zero-order valence-corrected chi connectivity index (χ0v) is 13.3. The largest absolute Gasteiger partial charge is 0.495 e. The smallest absolute Gasteiger partial charge is 0.253 e. The number of hydrogen-bond acceptors (Lipinski definition) is 4. The van der Waals surface area contributed by atoms with Gasteiger partial charge in [-0.3, -0.25) is 4.79 Å². The molecule has 2 aromatic carbocycles. The van der Waals surface area contributed by atoms with E-state index in [1.165, 1.54) is 0 Å². The summed E-state index contributed by atoms with van der Waals surface area (Å²) in [5, 5.41) is 5.80. The zero-order valence-electron chi connectivity index (χ0n) is 11.7. The fourth-order valence-corrected chi connectivity index (χ4v) is 2.30. The van der Waals surface area contributed by atoms with Crippen molar-refractivity contribution in [3.8, 4) is 5.75 Å². The normalized spacial score (nSPS) is 10.0. The lowest BCUT2D eigenvalue weighted by Gasteiger charge is -2.13. The lowest BCUT2D eigenvalue weighted by Crippen LogP contribution is -2.19. The van der Waals surface area contributed by atoms with Crippen molar-refractivity contribution in [2.75, 3.05) is 25.2 Å². The first-order valence-electron chi connectivity index (χ1n) is 6.27. The molecule has 0 aliphatic carbocycles. The van der Waals surface area contributed by atoms with Crippen LogP contribution in [0.2, 0.25) is 0 Å². The molecule has 0 atom stereocenters. The van der Waals surface area contributed by atoms with E-state index < -0.39 is 0 Å². The Labute approximate surface area is 131 Å². The van der Waals surface area contributed by atoms with Gasteiger partial charge in [-0.05, 0) is 46.3 Å². The van der Waals surface area contributed by atoms with E-state index in [1.807, 2.05) is 18.2 Å². The fourth-order valence-electron chi connectivity index (χ4n) is 1.89. The third-order valence-corrected chi connectivity index (χ3v) is 3.60. The van der Waals surface area contributed by atoms with Crippen LogP contribution in [-0.2, 0) is 0 Å². The summed E-state index contributed by atoms with van der Waals surface area (Å²) in [7, 11) is 3.19. The van der Waals surface area contributed by atoms with Gasteiger partial charge in [0.05, 0.1) is 22.8 Å². The number of nitrogen functional groups attached to an aromatic ring is 1. The molecule has 2 rings (SSSR count). The number of amides is 1. The molecule has 6 heteroatoms. The molecule has 5 nitrogen and oxygen atoms in total. The first-order chi connectivity index (χ1) is 10.0. The van der Waals surface area contributed by atoms with Gasteiger partial charge < -0.3 is 21.1 Å². The van der Waals surface area contributed by atoms with Crippen LogP contribution in [0.15, 0.2) is 40.9 Å². The summed E-state index contributed by atoms with van der Waals surface area (Å²) in [4.78, 5) is 11.9. The third kappa shape index (κ3) is 3.46. The second-order valence-corrected chi connectivity index (χ2v) is 5.21. The van der Waals surface area contributed by atoms with Crippen LogP contribution in [0.5, 0.6) is 5.75 Å². The van der Waals surface area contributed by atoms with Crippen molar-refractivity contribution in [3.63, 3.8) is 0 Å². The van der Waals surface area contributed by atoms with E-state index in [9.17, 15) is 4.79 Å². The van der Waals surface area contributed by atoms with Crippen molar-refractivity contribution in [3.05, 3.63) is 46.4 Å². The van der Waals surface area contributed by atoms with E-state index in [4.69, 9.17) is 10.5 Å². The molecular formula is C15H16BrN3O2. The molecule has 0 saturated heterocycles. The first kappa shape index (κ1) is 15.2. The average molecular weight is 350 g/mol. The third-order valence-electron chi connectivity index (χ3n) is 2.95. The van der Waals surface area contributed by atoms with Gasteiger partial charge in [-0.1, -0.05) is 0 Å². The van der Waals surface area contributed by atoms with Gasteiger partial charge in [0.1, 0.15) is 5.75 Å². The van der Waals surface area contributed by atoms with Crippen LogP contribution in [0.1, 0.15) is 10.4 Å². The average Bonchev–Trinajstić information content (AvgIpc) is 2.48. The van der Waals surface area contributed by atoms with Crippen LogP contribution in [0, 0.1) is 0 Å². The molecule has 0 bridgehead atoms. The van der Waals surface area contributed by atoms with Crippen molar-refractivity contribution < 1.29 is 9.53 Å². The van der Waals surface area contributed by atoms with Crippen LogP contribution >= 0.6 is 15.9 Å². The SMILES string of the molecule is CNC(=O)c1ccc(N)cc1Nc1ccc(Br)c(OC)c1. The lowest BCUT2D eigenvalue weighted by atomic mass is 10.1. The molecule has 0 unspecified atom stereocenters. The summed E-state index contributed by atoms with van der Waals surface area (Å²) in [6.45, 7) is 0. The number of hydrogen-bond donors (Lipinski definition) is 3. The lowest BCUT2D eigenvalue weighted by molar-refractivity contribution is 0.0964. The Kier molecular flexibility index (Phi) is 4.70. The Bertz CT molecular complexity index is 674. The van der Waals surface area contributed by atoms with Crippen LogP contribution in [0.25, 0.3) is 0 Å². The van der Waals surface area contributed by atoms with E-state index in [0.717, 1.165) is 10.2 Å². The van der Waals surface area contributed by atoms with Gasteiger partial charge in [-0.15, -0.1) is 0 Å². The molecule has 0 radical (unpaired) electrons. The Morgan fingerprint density at radius 2 is 2.00 bits per heavy atom. The molecule has 0 aliphatic heterocycles. The minimum absolute atomic E-state index is 0.179. The maximum absolute atomic E-state index is 11.9. The molecule has 0 fully saturated rings. The predicted molar refractivity (Wildman–Crippen MR) is 88.2 cm³/mol. The molecule has 0 saturated carbocycles. The molecule has 0 spiro atoms. The van der Waals surface area contributed by atoms with Crippen molar-refractivity contribution in [1.29, 1.82) is 0 Å². The second-order valence-electron chi connectivity index (χ2n) is 4.36. The van der Waals surface area contributed by atoms with Gasteiger partial charge in [0.2, 0.25) is 0 Å². The van der Waals surface area contributed by atoms with Crippen molar-refractivity contribution in [2.24, 2.45) is 0 Å². The van der Waals surface area contributed by atoms with E-state index in [-0.39, 0.29) is 5.91 Å². The number of rotatable bonds is 4. The fraction of sp³-hybridized carbons (Fsp3) is 0.133. The first-order valence-corrected chi connectivity index (χ1v) is 7.06. The highest BCUT2D eigenvalue weighted by atomic mass is 79.9. The van der Waals surface area contributed by atoms with Gasteiger partial charge in [-0.25, -0.2) is 0 Å². The number of nitrogens with two attached hydrogens (primary N) is 1. The summed E-state index contributed by atoms with van der Waals surface area (Å²) in [5.41, 5.74) is 8.33. The molecule has 2 aromatic rings. The Morgan fingerprint density at radius 1 is 1.24 bits per heavy atom. The molecular weight excluding hydrogens is 334 g/mol. The number of benzene rings is 2. The van der Waals surface area contributed by atoms with Crippen LogP contribution in [0.4, 0.5) is 17.1 Å². The van der Waals surface area contributed by atoms with E-state index in [0.29, 0.717) is 22.7 Å². The number of ether oxygens (including phenoxy) is 1. The molecule has 0 heterocycles. The number of nitrogens with one attached hydrogen (secondary N) is 2. The van der Waals surface area contributed by atoms with E-state index in [1.54, 1.807) is 32.4 Å². The molecule has 1 amide bonds. The minimum atomic E-state index is -0.179. The summed E-state index contributed by atoms with van der Waals surface area (Å²) >= 11 is 3.40. The maximum Gasteiger partial charge on any atom is 0.253 e. The topological polar surface area (TPSA) is 76.4 Å². The molecule has 0 aromatic heterocycles. The van der Waals surface area contributed by atoms with Crippen molar-refractivity contribution in [2.45, 2.75) is 0 Å². The highest BCUT2D eigenvalue weighted by molar-refractivity contribution is 9.10. The standard InChI is InChI=1S/C15H16BrN3O2/c1-18-15(20)11-5-3-9(17)7-13(11)19-10-4-6-12(16)14(8-10)21-2/h3-8,19H,17H2,1-2H3,(H,18,20). The number of anilines is 3. The van der Waals surface area contributed by atoms with Crippen LogP contribution < -0.4 is 21.1 Å². The zero-order chi connectivity index (χ0) is 15.4. The Hall–Kier alpha value is -2.21. The van der Waals surface area contributed by atoms with Crippen LogP contribution in [-0.4, -0.2) is 20.1 Å². The summed E-state index contributed by atoms with van der Waals surface area (Å²) in [6, 6.07) is 10.7. The summed E-state index contributed by atoms with van der Waals surface area (Å²) in [6.07, 6.45) is 0. The summed E-state index contributed by atoms with van der Waals surface area (Å²) < 4.78 is 6.11. The number of carbonyl (C=O) groups excluding carboxylic acids is 1. The highest BCUT2D eigenvalue weighted by Gasteiger charge is 2.11.